The SMILES string of the molecule is [C-]#[N+]c1ccc(-n2c3ccccc3c3cc(-c4ccc5c(c4)c4ccccc4n5-c4ccc5c(c4)C(c4ccccc4)(c4ccccc4)c4cc(-n6c7ccccc7c7cc(-c8ccc9c(c8)c8ccccc8n9-c8ccc(C#N)cc8)ccc76)ccc4-5)ccc32)cc1. The molecule has 430 valence electrons. The highest BCUT2D eigenvalue weighted by molar-refractivity contribution is 6.15. The monoisotopic (exact) mass is 1180 g/mol. The number of benzene rings is 14. The lowest BCUT2D eigenvalue weighted by atomic mass is 9.67. The van der Waals surface area contributed by atoms with Crippen molar-refractivity contribution in [3.63, 3.8) is 0 Å². The van der Waals surface area contributed by atoms with Gasteiger partial charge >= 0.3 is 0 Å². The third-order valence-electron chi connectivity index (χ3n) is 19.9. The fraction of sp³-hybridized carbons (Fsp3) is 0.0115. The average molecular weight is 1180 g/mol. The Balaban J connectivity index is 0.753. The molecule has 0 fully saturated rings. The summed E-state index contributed by atoms with van der Waals surface area (Å²) in [4.78, 5) is 3.65. The van der Waals surface area contributed by atoms with Crippen LogP contribution < -0.4 is 0 Å². The molecule has 1 aliphatic rings. The minimum Gasteiger partial charge on any atom is -0.309 e. The van der Waals surface area contributed by atoms with Crippen molar-refractivity contribution in [3.05, 3.63) is 355 Å². The molecule has 0 saturated heterocycles. The van der Waals surface area contributed by atoms with E-state index in [1.54, 1.807) is 0 Å². The predicted molar refractivity (Wildman–Crippen MR) is 383 cm³/mol. The molecular weight excluding hydrogens is 1130 g/mol. The third kappa shape index (κ3) is 7.61. The van der Waals surface area contributed by atoms with Crippen LogP contribution in [0.15, 0.2) is 315 Å². The van der Waals surface area contributed by atoms with Crippen molar-refractivity contribution in [3.8, 4) is 62.2 Å². The summed E-state index contributed by atoms with van der Waals surface area (Å²) < 4.78 is 9.55. The maximum atomic E-state index is 9.58. The van der Waals surface area contributed by atoms with Crippen LogP contribution in [0, 0.1) is 17.9 Å². The Hall–Kier alpha value is -12.7. The van der Waals surface area contributed by atoms with Gasteiger partial charge in [0.1, 0.15) is 0 Å². The molecule has 14 aromatic carbocycles. The summed E-state index contributed by atoms with van der Waals surface area (Å²) in [6.07, 6.45) is 0. The van der Waals surface area contributed by atoms with Crippen molar-refractivity contribution in [2.24, 2.45) is 0 Å². The molecule has 93 heavy (non-hydrogen) atoms. The van der Waals surface area contributed by atoms with Crippen LogP contribution >= 0.6 is 0 Å². The van der Waals surface area contributed by atoms with Gasteiger partial charge in [-0.3, -0.25) is 0 Å². The number of fused-ring (bicyclic) bond motifs is 15. The number of nitriles is 1. The summed E-state index contributed by atoms with van der Waals surface area (Å²) in [6.45, 7) is 7.55. The van der Waals surface area contributed by atoms with Gasteiger partial charge in [-0.05, 0) is 189 Å². The normalized spacial score (nSPS) is 12.6. The largest absolute Gasteiger partial charge is 0.309 e. The summed E-state index contributed by atoms with van der Waals surface area (Å²) in [7, 11) is 0. The summed E-state index contributed by atoms with van der Waals surface area (Å²) in [5, 5.41) is 19.1. The molecule has 19 rings (SSSR count). The number of rotatable bonds is 8. The molecule has 18 aromatic rings. The maximum Gasteiger partial charge on any atom is 0.187 e. The Bertz CT molecular complexity index is 5860. The summed E-state index contributed by atoms with van der Waals surface area (Å²) >= 11 is 0. The molecule has 4 aromatic heterocycles. The van der Waals surface area contributed by atoms with Crippen molar-refractivity contribution in [1.82, 2.24) is 18.3 Å². The number of hydrogen-bond donors (Lipinski definition) is 0. The maximum absolute atomic E-state index is 9.58. The van der Waals surface area contributed by atoms with Crippen LogP contribution in [0.5, 0.6) is 0 Å². The van der Waals surface area contributed by atoms with Crippen LogP contribution in [0.2, 0.25) is 0 Å². The van der Waals surface area contributed by atoms with Gasteiger partial charge in [-0.15, -0.1) is 0 Å². The molecule has 0 aliphatic heterocycles. The third-order valence-corrected chi connectivity index (χ3v) is 19.9. The first-order valence-electron chi connectivity index (χ1n) is 31.6. The van der Waals surface area contributed by atoms with Gasteiger partial charge in [0.05, 0.1) is 67.8 Å². The van der Waals surface area contributed by atoms with Gasteiger partial charge in [-0.2, -0.15) is 5.26 Å². The number of aromatic nitrogens is 4. The van der Waals surface area contributed by atoms with Crippen LogP contribution in [0.4, 0.5) is 5.69 Å². The summed E-state index contributed by atoms with van der Waals surface area (Å²) in [6, 6.07) is 117. The van der Waals surface area contributed by atoms with Crippen LogP contribution in [-0.4, -0.2) is 18.3 Å². The second-order valence-corrected chi connectivity index (χ2v) is 24.6. The minimum atomic E-state index is -0.693. The average Bonchev–Trinajstić information content (AvgIpc) is 1.55. The number of hydrogen-bond acceptors (Lipinski definition) is 1. The fourth-order valence-electron chi connectivity index (χ4n) is 15.8. The second kappa shape index (κ2) is 20.1. The van der Waals surface area contributed by atoms with E-state index in [4.69, 9.17) is 6.57 Å². The lowest BCUT2D eigenvalue weighted by Crippen LogP contribution is -2.28. The van der Waals surface area contributed by atoms with E-state index >= 15 is 0 Å². The van der Waals surface area contributed by atoms with Gasteiger partial charge in [0.15, 0.2) is 5.69 Å². The zero-order chi connectivity index (χ0) is 61.5. The highest BCUT2D eigenvalue weighted by atomic mass is 15.0. The van der Waals surface area contributed by atoms with Gasteiger partial charge in [-0.25, -0.2) is 4.85 Å². The zero-order valence-electron chi connectivity index (χ0n) is 50.2. The fourth-order valence-corrected chi connectivity index (χ4v) is 15.8. The lowest BCUT2D eigenvalue weighted by molar-refractivity contribution is 0.766. The molecule has 0 unspecified atom stereocenters. The molecule has 0 spiro atoms. The van der Waals surface area contributed by atoms with Crippen LogP contribution in [0.1, 0.15) is 27.8 Å². The van der Waals surface area contributed by atoms with Gasteiger partial charge in [0.25, 0.3) is 0 Å². The van der Waals surface area contributed by atoms with E-state index in [9.17, 15) is 5.26 Å². The van der Waals surface area contributed by atoms with E-state index in [1.165, 1.54) is 76.5 Å². The van der Waals surface area contributed by atoms with Crippen LogP contribution in [-0.2, 0) is 5.41 Å². The van der Waals surface area contributed by atoms with E-state index in [2.05, 4.69) is 296 Å². The first-order chi connectivity index (χ1) is 46.0. The second-order valence-electron chi connectivity index (χ2n) is 24.6. The standard InChI is InChI=1S/C87H52N6/c1-89-62-34-38-64(39-35-62)91-80-25-13-9-21-70(80)74-49-57(31-45-84(74)91)59-33-47-86-76(51-59)72-23-11-15-27-82(72)93(86)66-41-43-68-67-42-40-65(52-77(67)87(78(68)53-66,60-16-4-2-5-17-60)61-18-6-3-7-19-61)92-81-26-14-10-22-71(81)75-50-58(32-46-85(75)92)56-30-44-83-73(48-56)69-20-8-12-24-79(69)90(83)63-36-28-55(54-88)29-37-63/h2-53H. The molecule has 0 atom stereocenters. The number of para-hydroxylation sites is 4. The molecule has 6 heteroatoms. The van der Waals surface area contributed by atoms with Gasteiger partial charge in [0.2, 0.25) is 0 Å². The van der Waals surface area contributed by atoms with Gasteiger partial charge in [-0.1, -0.05) is 182 Å². The van der Waals surface area contributed by atoms with Crippen molar-refractivity contribution >= 4 is 92.9 Å². The van der Waals surface area contributed by atoms with Crippen molar-refractivity contribution in [2.75, 3.05) is 0 Å². The topological polar surface area (TPSA) is 47.9 Å². The minimum absolute atomic E-state index is 0.630. The molecule has 0 N–H and O–H groups in total. The molecule has 0 bridgehead atoms. The van der Waals surface area contributed by atoms with Crippen molar-refractivity contribution in [2.45, 2.75) is 5.41 Å². The van der Waals surface area contributed by atoms with Gasteiger partial charge in [0, 0.05) is 65.8 Å². The molecule has 4 heterocycles. The Labute approximate surface area is 535 Å². The van der Waals surface area contributed by atoms with Crippen LogP contribution in [0.3, 0.4) is 0 Å². The van der Waals surface area contributed by atoms with Crippen molar-refractivity contribution in [1.29, 1.82) is 5.26 Å². The highest BCUT2D eigenvalue weighted by Gasteiger charge is 2.47. The smallest absolute Gasteiger partial charge is 0.187 e. The Kier molecular flexibility index (Phi) is 11.3. The first kappa shape index (κ1) is 52.2. The Morgan fingerprint density at radius 2 is 0.581 bits per heavy atom. The molecule has 0 saturated carbocycles. The Morgan fingerprint density at radius 1 is 0.280 bits per heavy atom. The molecule has 1 aliphatic carbocycles. The van der Waals surface area contributed by atoms with Gasteiger partial charge < -0.3 is 18.3 Å². The first-order valence-corrected chi connectivity index (χ1v) is 31.6. The molecule has 0 radical (unpaired) electrons. The number of nitrogens with zero attached hydrogens (tertiary/aromatic N) is 6. The Morgan fingerprint density at radius 3 is 0.925 bits per heavy atom. The highest BCUT2D eigenvalue weighted by Crippen LogP contribution is 2.58. The quantitative estimate of drug-likeness (QED) is 0.140. The van der Waals surface area contributed by atoms with E-state index in [0.717, 1.165) is 89.1 Å². The summed E-state index contributed by atoms with van der Waals surface area (Å²) in [5.74, 6) is 0. The van der Waals surface area contributed by atoms with E-state index in [-0.39, 0.29) is 0 Å². The lowest BCUT2D eigenvalue weighted by Gasteiger charge is -2.34. The molecule has 0 amide bonds. The van der Waals surface area contributed by atoms with Crippen LogP contribution in [0.25, 0.3) is 148 Å². The molecular formula is C87H52N6. The predicted octanol–water partition coefficient (Wildman–Crippen LogP) is 22.2. The molecule has 6 nitrogen and oxygen atoms in total. The van der Waals surface area contributed by atoms with Crippen molar-refractivity contribution < 1.29 is 0 Å². The zero-order valence-corrected chi connectivity index (χ0v) is 50.2. The van der Waals surface area contributed by atoms with E-state index < -0.39 is 5.41 Å². The van der Waals surface area contributed by atoms with E-state index in [1.807, 2.05) is 48.5 Å². The summed E-state index contributed by atoms with van der Waals surface area (Å²) in [5.41, 5.74) is 25.9. The van der Waals surface area contributed by atoms with E-state index in [0.29, 0.717) is 11.3 Å².